The minimum Gasteiger partial charge on any atom is -0.0991 e. The van der Waals surface area contributed by atoms with Gasteiger partial charge in [0, 0.05) is 0 Å². The fourth-order valence-electron chi connectivity index (χ4n) is 4.19. The zero-order valence-electron chi connectivity index (χ0n) is 15.3. The van der Waals surface area contributed by atoms with E-state index in [0.29, 0.717) is 0 Å². The molecule has 0 radical (unpaired) electrons. The molecule has 0 aliphatic heterocycles. The van der Waals surface area contributed by atoms with Crippen LogP contribution >= 0.6 is 0 Å². The van der Waals surface area contributed by atoms with Gasteiger partial charge >= 0.3 is 0 Å². The third kappa shape index (κ3) is 6.99. The van der Waals surface area contributed by atoms with Gasteiger partial charge in [-0.3, -0.25) is 0 Å². The summed E-state index contributed by atoms with van der Waals surface area (Å²) in [5.41, 5.74) is 1.32. The lowest BCUT2D eigenvalue weighted by Gasteiger charge is -2.35. The molecule has 0 unspecified atom stereocenters. The number of allylic oxidation sites excluding steroid dienone is 5. The standard InChI is InChI=1S/C20H32.C2H6/c1-3-8-17(2)9-7-10-18-13-15-20(16-14-18)19-11-5-4-6-12-19;1-2/h3,7-9,18-20H,1,4-6,10-16H2,2H3;1-2H3/b9-7-,17-8-;. The van der Waals surface area contributed by atoms with Gasteiger partial charge in [-0.15, -0.1) is 0 Å². The van der Waals surface area contributed by atoms with Crippen LogP contribution in [0.4, 0.5) is 0 Å². The molecular weight excluding hydrogens is 264 g/mol. The molecule has 0 amide bonds. The third-order valence-corrected chi connectivity index (χ3v) is 5.44. The van der Waals surface area contributed by atoms with Crippen LogP contribution < -0.4 is 0 Å². The Morgan fingerprint density at radius 2 is 1.50 bits per heavy atom. The summed E-state index contributed by atoms with van der Waals surface area (Å²) in [5, 5.41) is 0. The van der Waals surface area contributed by atoms with Crippen LogP contribution in [0.15, 0.2) is 36.5 Å². The quantitative estimate of drug-likeness (QED) is 0.462. The van der Waals surface area contributed by atoms with Crippen molar-refractivity contribution in [2.45, 2.75) is 85.0 Å². The van der Waals surface area contributed by atoms with Crippen molar-refractivity contribution in [2.24, 2.45) is 17.8 Å². The molecule has 0 aromatic carbocycles. The van der Waals surface area contributed by atoms with Crippen molar-refractivity contribution in [1.82, 2.24) is 0 Å². The van der Waals surface area contributed by atoms with Crippen molar-refractivity contribution < 1.29 is 0 Å². The Kier molecular flexibility index (Phi) is 10.3. The SMILES string of the molecule is C=C/C=C(C)\C=C/CC1CCC(C2CCCCC2)CC1.CC. The second-order valence-electron chi connectivity index (χ2n) is 6.96. The normalized spacial score (nSPS) is 27.3. The first kappa shape index (κ1) is 19.3. The predicted octanol–water partition coefficient (Wildman–Crippen LogP) is 7.48. The maximum absolute atomic E-state index is 3.74. The van der Waals surface area contributed by atoms with Crippen LogP contribution in [0.5, 0.6) is 0 Å². The molecule has 0 aromatic heterocycles. The summed E-state index contributed by atoms with van der Waals surface area (Å²) in [6.45, 7) is 9.89. The van der Waals surface area contributed by atoms with E-state index in [4.69, 9.17) is 0 Å². The van der Waals surface area contributed by atoms with Gasteiger partial charge in [-0.2, -0.15) is 0 Å². The Labute approximate surface area is 139 Å². The first-order chi connectivity index (χ1) is 10.8. The van der Waals surface area contributed by atoms with E-state index in [1.54, 1.807) is 0 Å². The molecule has 2 rings (SSSR count). The van der Waals surface area contributed by atoms with Crippen molar-refractivity contribution >= 4 is 0 Å². The van der Waals surface area contributed by atoms with E-state index in [-0.39, 0.29) is 0 Å². The molecule has 0 nitrogen and oxygen atoms in total. The summed E-state index contributed by atoms with van der Waals surface area (Å²) in [7, 11) is 0. The molecule has 0 saturated heterocycles. The van der Waals surface area contributed by atoms with Gasteiger partial charge < -0.3 is 0 Å². The Balaban J connectivity index is 0.00000116. The largest absolute Gasteiger partial charge is 0.0991 e. The molecule has 2 aliphatic carbocycles. The first-order valence-corrected chi connectivity index (χ1v) is 9.75. The average Bonchev–Trinajstić information content (AvgIpc) is 2.58. The molecule has 0 spiro atoms. The molecule has 0 N–H and O–H groups in total. The van der Waals surface area contributed by atoms with E-state index in [1.165, 1.54) is 69.8 Å². The van der Waals surface area contributed by atoms with E-state index in [1.807, 2.05) is 19.9 Å². The van der Waals surface area contributed by atoms with Crippen molar-refractivity contribution in [3.8, 4) is 0 Å². The van der Waals surface area contributed by atoms with Gasteiger partial charge in [0.25, 0.3) is 0 Å². The highest BCUT2D eigenvalue weighted by molar-refractivity contribution is 5.20. The van der Waals surface area contributed by atoms with Gasteiger partial charge in [0.2, 0.25) is 0 Å². The average molecular weight is 303 g/mol. The van der Waals surface area contributed by atoms with Crippen LogP contribution in [0.3, 0.4) is 0 Å². The Hall–Kier alpha value is -0.780. The maximum Gasteiger partial charge on any atom is -0.0319 e. The zero-order valence-corrected chi connectivity index (χ0v) is 15.3. The van der Waals surface area contributed by atoms with E-state index < -0.39 is 0 Å². The van der Waals surface area contributed by atoms with Gasteiger partial charge in [0.15, 0.2) is 0 Å². The van der Waals surface area contributed by atoms with Crippen LogP contribution in [0.25, 0.3) is 0 Å². The Morgan fingerprint density at radius 3 is 2.09 bits per heavy atom. The fourth-order valence-corrected chi connectivity index (χ4v) is 4.19. The summed E-state index contributed by atoms with van der Waals surface area (Å²) in [6.07, 6.45) is 23.4. The molecule has 0 bridgehead atoms. The third-order valence-electron chi connectivity index (χ3n) is 5.44. The molecule has 2 saturated carbocycles. The minimum absolute atomic E-state index is 0.947. The van der Waals surface area contributed by atoms with Gasteiger partial charge in [0.1, 0.15) is 0 Å². The van der Waals surface area contributed by atoms with Gasteiger partial charge in [-0.1, -0.05) is 82.4 Å². The van der Waals surface area contributed by atoms with E-state index in [0.717, 1.165) is 17.8 Å². The van der Waals surface area contributed by atoms with E-state index in [2.05, 4.69) is 31.7 Å². The summed E-state index contributed by atoms with van der Waals surface area (Å²) in [6, 6.07) is 0. The summed E-state index contributed by atoms with van der Waals surface area (Å²) >= 11 is 0. The van der Waals surface area contributed by atoms with Crippen LogP contribution in [0.2, 0.25) is 0 Å². The lowest BCUT2D eigenvalue weighted by atomic mass is 9.70. The number of hydrogen-bond donors (Lipinski definition) is 0. The number of rotatable bonds is 5. The van der Waals surface area contributed by atoms with Gasteiger partial charge in [0.05, 0.1) is 0 Å². The van der Waals surface area contributed by atoms with E-state index >= 15 is 0 Å². The second-order valence-corrected chi connectivity index (χ2v) is 6.96. The smallest absolute Gasteiger partial charge is 0.0319 e. The van der Waals surface area contributed by atoms with Crippen molar-refractivity contribution in [2.75, 3.05) is 0 Å². The lowest BCUT2D eigenvalue weighted by molar-refractivity contribution is 0.168. The highest BCUT2D eigenvalue weighted by Crippen LogP contribution is 2.40. The van der Waals surface area contributed by atoms with Gasteiger partial charge in [-0.25, -0.2) is 0 Å². The number of hydrogen-bond acceptors (Lipinski definition) is 0. The summed E-state index contributed by atoms with van der Waals surface area (Å²) in [5.74, 6) is 3.10. The van der Waals surface area contributed by atoms with Crippen LogP contribution in [0, 0.1) is 17.8 Å². The molecule has 0 aromatic rings. The molecular formula is C22H38. The first-order valence-electron chi connectivity index (χ1n) is 9.75. The van der Waals surface area contributed by atoms with Crippen LogP contribution in [-0.4, -0.2) is 0 Å². The topological polar surface area (TPSA) is 0 Å². The molecule has 0 heterocycles. The highest BCUT2D eigenvalue weighted by Gasteiger charge is 2.27. The second kappa shape index (κ2) is 11.7. The van der Waals surface area contributed by atoms with Crippen molar-refractivity contribution in [3.63, 3.8) is 0 Å². The molecule has 126 valence electrons. The van der Waals surface area contributed by atoms with Crippen molar-refractivity contribution in [3.05, 3.63) is 36.5 Å². The monoisotopic (exact) mass is 302 g/mol. The molecule has 0 atom stereocenters. The molecule has 2 fully saturated rings. The Morgan fingerprint density at radius 1 is 0.909 bits per heavy atom. The minimum atomic E-state index is 0.947. The molecule has 0 heteroatoms. The maximum atomic E-state index is 3.74. The molecule has 2 aliphatic rings. The summed E-state index contributed by atoms with van der Waals surface area (Å²) in [4.78, 5) is 0. The summed E-state index contributed by atoms with van der Waals surface area (Å²) < 4.78 is 0. The molecule has 22 heavy (non-hydrogen) atoms. The lowest BCUT2D eigenvalue weighted by Crippen LogP contribution is -2.23. The van der Waals surface area contributed by atoms with Gasteiger partial charge in [-0.05, 0) is 56.8 Å². The van der Waals surface area contributed by atoms with Crippen molar-refractivity contribution in [1.29, 1.82) is 0 Å². The predicted molar refractivity (Wildman–Crippen MR) is 101 cm³/mol. The Bertz CT molecular complexity index is 333. The van der Waals surface area contributed by atoms with Crippen LogP contribution in [0.1, 0.15) is 85.0 Å². The van der Waals surface area contributed by atoms with Crippen LogP contribution in [-0.2, 0) is 0 Å². The fraction of sp³-hybridized carbons (Fsp3) is 0.727. The van der Waals surface area contributed by atoms with E-state index in [9.17, 15) is 0 Å². The zero-order chi connectivity index (χ0) is 16.2. The highest BCUT2D eigenvalue weighted by atomic mass is 14.3.